The maximum absolute atomic E-state index is 11.4. The van der Waals surface area contributed by atoms with Crippen LogP contribution >= 0.6 is 11.8 Å². The van der Waals surface area contributed by atoms with Gasteiger partial charge in [-0.2, -0.15) is 0 Å². The Bertz CT molecular complexity index is 193. The molecule has 0 aromatic carbocycles. The van der Waals surface area contributed by atoms with Crippen molar-refractivity contribution in [1.82, 2.24) is 0 Å². The minimum atomic E-state index is -0.0674. The first-order valence-corrected chi connectivity index (χ1v) is 6.15. The Morgan fingerprint density at radius 2 is 2.29 bits per heavy atom. The molecular formula is C10H19NO2S. The van der Waals surface area contributed by atoms with Gasteiger partial charge in [0.2, 0.25) is 0 Å². The molecule has 0 radical (unpaired) electrons. The van der Waals surface area contributed by atoms with Crippen LogP contribution in [0.5, 0.6) is 0 Å². The van der Waals surface area contributed by atoms with E-state index in [1.807, 2.05) is 6.92 Å². The summed E-state index contributed by atoms with van der Waals surface area (Å²) in [4.78, 5) is 11.4. The number of carbonyl (C=O) groups is 1. The van der Waals surface area contributed by atoms with Crippen LogP contribution in [0.15, 0.2) is 0 Å². The molecule has 0 aromatic heterocycles. The van der Waals surface area contributed by atoms with Crippen molar-refractivity contribution >= 4 is 17.7 Å². The van der Waals surface area contributed by atoms with Crippen LogP contribution in [-0.4, -0.2) is 30.1 Å². The van der Waals surface area contributed by atoms with Crippen LogP contribution in [0.25, 0.3) is 0 Å². The number of ether oxygens (including phenoxy) is 1. The summed E-state index contributed by atoms with van der Waals surface area (Å²) in [5.74, 6) is 1.44. The van der Waals surface area contributed by atoms with Gasteiger partial charge in [-0.1, -0.05) is 0 Å². The van der Waals surface area contributed by atoms with Crippen molar-refractivity contribution in [3.8, 4) is 0 Å². The lowest BCUT2D eigenvalue weighted by Crippen LogP contribution is -2.23. The Balaban J connectivity index is 2.25. The molecule has 1 saturated carbocycles. The molecule has 0 aromatic rings. The second kappa shape index (κ2) is 5.61. The summed E-state index contributed by atoms with van der Waals surface area (Å²) in [7, 11) is 1.46. The fraction of sp³-hybridized carbons (Fsp3) is 0.900. The Labute approximate surface area is 89.8 Å². The molecule has 0 aliphatic heterocycles. The molecule has 1 aliphatic rings. The Hall–Kier alpha value is -0.220. The SMILES string of the molecule is COC(=O)C(SCCC(C)N)C1CC1. The van der Waals surface area contributed by atoms with E-state index < -0.39 is 0 Å². The third-order valence-corrected chi connectivity index (χ3v) is 3.76. The molecule has 3 nitrogen and oxygen atoms in total. The highest BCUT2D eigenvalue weighted by atomic mass is 32.2. The van der Waals surface area contributed by atoms with E-state index >= 15 is 0 Å². The molecule has 1 aliphatic carbocycles. The molecule has 14 heavy (non-hydrogen) atoms. The van der Waals surface area contributed by atoms with E-state index in [1.165, 1.54) is 20.0 Å². The van der Waals surface area contributed by atoms with Gasteiger partial charge in [0.1, 0.15) is 5.25 Å². The van der Waals surface area contributed by atoms with Gasteiger partial charge in [0.25, 0.3) is 0 Å². The first kappa shape index (κ1) is 11.9. The van der Waals surface area contributed by atoms with Gasteiger partial charge in [0, 0.05) is 6.04 Å². The summed E-state index contributed by atoms with van der Waals surface area (Å²) in [6.45, 7) is 1.99. The zero-order valence-electron chi connectivity index (χ0n) is 8.86. The van der Waals surface area contributed by atoms with Crippen molar-refractivity contribution in [1.29, 1.82) is 0 Å². The Morgan fingerprint density at radius 3 is 2.71 bits per heavy atom. The molecule has 0 amide bonds. The molecular weight excluding hydrogens is 198 g/mol. The fourth-order valence-electron chi connectivity index (χ4n) is 1.29. The van der Waals surface area contributed by atoms with Gasteiger partial charge in [0.05, 0.1) is 7.11 Å². The van der Waals surface area contributed by atoms with Crippen LogP contribution in [0.2, 0.25) is 0 Å². The third-order valence-electron chi connectivity index (χ3n) is 2.35. The van der Waals surface area contributed by atoms with Crippen LogP contribution in [0.3, 0.4) is 0 Å². The first-order valence-electron chi connectivity index (χ1n) is 5.10. The highest BCUT2D eigenvalue weighted by molar-refractivity contribution is 8.00. The van der Waals surface area contributed by atoms with Crippen molar-refractivity contribution in [2.75, 3.05) is 12.9 Å². The van der Waals surface area contributed by atoms with E-state index in [1.54, 1.807) is 11.8 Å². The Kier molecular flexibility index (Phi) is 4.75. The summed E-state index contributed by atoms with van der Waals surface area (Å²) < 4.78 is 4.78. The van der Waals surface area contributed by atoms with E-state index in [0.717, 1.165) is 12.2 Å². The first-order chi connectivity index (χ1) is 6.65. The number of methoxy groups -OCH3 is 1. The molecule has 1 rings (SSSR count). The molecule has 2 N–H and O–H groups in total. The van der Waals surface area contributed by atoms with Gasteiger partial charge in [-0.05, 0) is 37.9 Å². The lowest BCUT2D eigenvalue weighted by atomic mass is 10.3. The van der Waals surface area contributed by atoms with Crippen LogP contribution in [0.4, 0.5) is 0 Å². The maximum Gasteiger partial charge on any atom is 0.319 e. The predicted octanol–water partition coefficient (Wildman–Crippen LogP) is 1.41. The van der Waals surface area contributed by atoms with Crippen molar-refractivity contribution in [3.05, 3.63) is 0 Å². The zero-order valence-corrected chi connectivity index (χ0v) is 9.68. The molecule has 1 fully saturated rings. The van der Waals surface area contributed by atoms with E-state index in [2.05, 4.69) is 0 Å². The topological polar surface area (TPSA) is 52.3 Å². The van der Waals surface area contributed by atoms with E-state index in [9.17, 15) is 4.79 Å². The zero-order chi connectivity index (χ0) is 10.6. The van der Waals surface area contributed by atoms with E-state index in [-0.39, 0.29) is 17.3 Å². The largest absolute Gasteiger partial charge is 0.468 e. The normalized spacial score (nSPS) is 20.2. The molecule has 2 unspecified atom stereocenters. The minimum absolute atomic E-state index is 0.0544. The van der Waals surface area contributed by atoms with Gasteiger partial charge >= 0.3 is 5.97 Å². The highest BCUT2D eigenvalue weighted by Gasteiger charge is 2.37. The molecule has 0 heterocycles. The minimum Gasteiger partial charge on any atom is -0.468 e. The van der Waals surface area contributed by atoms with Crippen molar-refractivity contribution in [2.45, 2.75) is 37.5 Å². The third kappa shape index (κ3) is 3.88. The van der Waals surface area contributed by atoms with Crippen LogP contribution in [-0.2, 0) is 9.53 Å². The average Bonchev–Trinajstić information content (AvgIpc) is 2.94. The smallest absolute Gasteiger partial charge is 0.319 e. The summed E-state index contributed by atoms with van der Waals surface area (Å²) >= 11 is 1.70. The molecule has 4 heteroatoms. The fourth-order valence-corrected chi connectivity index (χ4v) is 2.83. The van der Waals surface area contributed by atoms with Gasteiger partial charge in [-0.25, -0.2) is 0 Å². The number of esters is 1. The van der Waals surface area contributed by atoms with Gasteiger partial charge in [-0.3, -0.25) is 4.79 Å². The van der Waals surface area contributed by atoms with Gasteiger partial charge < -0.3 is 10.5 Å². The monoisotopic (exact) mass is 217 g/mol. The van der Waals surface area contributed by atoms with E-state index in [4.69, 9.17) is 10.5 Å². The predicted molar refractivity (Wildman–Crippen MR) is 59.3 cm³/mol. The second-order valence-corrected chi connectivity index (χ2v) is 5.17. The lowest BCUT2D eigenvalue weighted by molar-refractivity contribution is -0.140. The average molecular weight is 217 g/mol. The van der Waals surface area contributed by atoms with Gasteiger partial charge in [-0.15, -0.1) is 11.8 Å². The summed E-state index contributed by atoms with van der Waals surface area (Å²) in [6, 6.07) is 0.222. The molecule has 82 valence electrons. The maximum atomic E-state index is 11.4. The molecule has 0 saturated heterocycles. The van der Waals surface area contributed by atoms with Crippen molar-refractivity contribution < 1.29 is 9.53 Å². The highest BCUT2D eigenvalue weighted by Crippen LogP contribution is 2.39. The second-order valence-electron chi connectivity index (χ2n) is 3.92. The summed E-state index contributed by atoms with van der Waals surface area (Å²) in [6.07, 6.45) is 3.31. The Morgan fingerprint density at radius 1 is 1.64 bits per heavy atom. The summed E-state index contributed by atoms with van der Waals surface area (Å²) in [5.41, 5.74) is 5.65. The summed E-state index contributed by atoms with van der Waals surface area (Å²) in [5, 5.41) is 0.0544. The molecule has 0 bridgehead atoms. The number of thioether (sulfide) groups is 1. The standard InChI is InChI=1S/C10H19NO2S/c1-7(11)5-6-14-9(8-3-4-8)10(12)13-2/h7-9H,3-6,11H2,1-2H3. The lowest BCUT2D eigenvalue weighted by Gasteiger charge is -2.13. The van der Waals surface area contributed by atoms with Gasteiger partial charge in [0.15, 0.2) is 0 Å². The number of nitrogens with two attached hydrogens (primary N) is 1. The number of rotatable bonds is 6. The van der Waals surface area contributed by atoms with Crippen molar-refractivity contribution in [2.24, 2.45) is 11.7 Å². The van der Waals surface area contributed by atoms with Crippen LogP contribution < -0.4 is 5.73 Å². The van der Waals surface area contributed by atoms with E-state index in [0.29, 0.717) is 5.92 Å². The molecule has 0 spiro atoms. The number of hydrogen-bond donors (Lipinski definition) is 1. The number of carbonyl (C=O) groups excluding carboxylic acids is 1. The van der Waals surface area contributed by atoms with Crippen molar-refractivity contribution in [3.63, 3.8) is 0 Å². The van der Waals surface area contributed by atoms with Crippen LogP contribution in [0.1, 0.15) is 26.2 Å². The molecule has 2 atom stereocenters. The number of hydrogen-bond acceptors (Lipinski definition) is 4. The quantitative estimate of drug-likeness (QED) is 0.683. The van der Waals surface area contributed by atoms with Crippen LogP contribution in [0, 0.1) is 5.92 Å².